The minimum atomic E-state index is -0.197. The molecule has 1 N–H and O–H groups in total. The highest BCUT2D eigenvalue weighted by Gasteiger charge is 2.30. The summed E-state index contributed by atoms with van der Waals surface area (Å²) in [7, 11) is 0. The number of aliphatic hydroxyl groups is 1. The van der Waals surface area contributed by atoms with Gasteiger partial charge in [0.2, 0.25) is 0 Å². The molecular weight excluding hydrogens is 310 g/mol. The molecule has 4 rings (SSSR count). The lowest BCUT2D eigenvalue weighted by Gasteiger charge is -2.33. The zero-order valence-corrected chi connectivity index (χ0v) is 14.7. The van der Waals surface area contributed by atoms with Gasteiger partial charge in [-0.05, 0) is 67.8 Å². The van der Waals surface area contributed by atoms with E-state index in [1.807, 2.05) is 25.4 Å². The van der Waals surface area contributed by atoms with E-state index in [1.165, 1.54) is 5.56 Å². The first-order valence-electron chi connectivity index (χ1n) is 8.62. The van der Waals surface area contributed by atoms with Gasteiger partial charge < -0.3 is 9.67 Å². The third kappa shape index (κ3) is 2.43. The van der Waals surface area contributed by atoms with E-state index >= 15 is 0 Å². The summed E-state index contributed by atoms with van der Waals surface area (Å²) in [6, 6.07) is 4.43. The first-order valence-corrected chi connectivity index (χ1v) is 8.62. The molecule has 4 nitrogen and oxygen atoms in total. The van der Waals surface area contributed by atoms with Crippen LogP contribution in [0.3, 0.4) is 0 Å². The monoisotopic (exact) mass is 331 g/mol. The number of hydrogen-bond donors (Lipinski definition) is 1. The Morgan fingerprint density at radius 1 is 1.12 bits per heavy atom. The lowest BCUT2D eigenvalue weighted by atomic mass is 9.89. The van der Waals surface area contributed by atoms with Gasteiger partial charge >= 0.3 is 0 Å². The van der Waals surface area contributed by atoms with Gasteiger partial charge in [0, 0.05) is 41.3 Å². The smallest absolute Gasteiger partial charge is 0.190 e. The maximum Gasteiger partial charge on any atom is 0.190 e. The molecule has 2 heterocycles. The number of benzene rings is 1. The molecule has 0 unspecified atom stereocenters. The van der Waals surface area contributed by atoms with Crippen LogP contribution in [0.1, 0.15) is 35.6 Å². The van der Waals surface area contributed by atoms with Crippen molar-refractivity contribution in [3.05, 3.63) is 58.8 Å². The van der Waals surface area contributed by atoms with Crippen LogP contribution in [0.2, 0.25) is 0 Å². The quantitative estimate of drug-likeness (QED) is 0.680. The minimum Gasteiger partial charge on any atom is -0.393 e. The minimum absolute atomic E-state index is 0.197. The second kappa shape index (κ2) is 5.72. The number of aliphatic hydroxyl groups excluding tert-OH is 1. The topological polar surface area (TPSA) is 42.4 Å². The molecule has 25 heavy (non-hydrogen) atoms. The molecule has 1 fully saturated rings. The Balaban J connectivity index is 2.00. The highest BCUT2D eigenvalue weighted by Crippen LogP contribution is 2.42. The maximum absolute atomic E-state index is 9.73. The van der Waals surface area contributed by atoms with Gasteiger partial charge in [0.15, 0.2) is 5.69 Å². The van der Waals surface area contributed by atoms with Gasteiger partial charge in [-0.1, -0.05) is 0 Å². The van der Waals surface area contributed by atoms with Crippen molar-refractivity contribution >= 4 is 16.6 Å². The van der Waals surface area contributed by atoms with Crippen molar-refractivity contribution < 1.29 is 5.11 Å². The van der Waals surface area contributed by atoms with Crippen LogP contribution in [0.4, 0.5) is 5.69 Å². The maximum atomic E-state index is 9.73. The third-order valence-electron chi connectivity index (χ3n) is 5.51. The predicted octanol–water partition coefficient (Wildman–Crippen LogP) is 4.88. The Labute approximate surface area is 147 Å². The van der Waals surface area contributed by atoms with E-state index in [2.05, 4.69) is 40.5 Å². The average Bonchev–Trinajstić information content (AvgIpc) is 2.91. The molecule has 0 spiro atoms. The molecule has 1 aliphatic rings. The largest absolute Gasteiger partial charge is 0.393 e. The van der Waals surface area contributed by atoms with E-state index in [0.717, 1.165) is 46.0 Å². The fourth-order valence-electron chi connectivity index (χ4n) is 3.71. The summed E-state index contributed by atoms with van der Waals surface area (Å²) in [5.41, 5.74) is 7.43. The van der Waals surface area contributed by atoms with Gasteiger partial charge in [0.1, 0.15) is 0 Å². The van der Waals surface area contributed by atoms with Crippen LogP contribution in [0.5, 0.6) is 0 Å². The Morgan fingerprint density at radius 3 is 2.56 bits per heavy atom. The van der Waals surface area contributed by atoms with Crippen molar-refractivity contribution in [3.63, 3.8) is 0 Å². The summed E-state index contributed by atoms with van der Waals surface area (Å²) in [6.07, 6.45) is 7.36. The van der Waals surface area contributed by atoms with Gasteiger partial charge in [-0.15, -0.1) is 0 Å². The molecule has 126 valence electrons. The van der Waals surface area contributed by atoms with E-state index in [1.54, 1.807) is 0 Å². The molecule has 0 aliphatic heterocycles. The molecule has 1 saturated carbocycles. The number of aryl methyl sites for hydroxylation is 2. The van der Waals surface area contributed by atoms with Crippen molar-refractivity contribution in [1.29, 1.82) is 0 Å². The number of fused-ring (bicyclic) bond motifs is 1. The van der Waals surface area contributed by atoms with Crippen molar-refractivity contribution in [2.45, 2.75) is 45.8 Å². The predicted molar refractivity (Wildman–Crippen MR) is 99.9 cm³/mol. The molecule has 1 aliphatic carbocycles. The fraction of sp³-hybridized carbons (Fsp3) is 0.333. The summed E-state index contributed by atoms with van der Waals surface area (Å²) in [5, 5.41) is 10.8. The van der Waals surface area contributed by atoms with Crippen LogP contribution in [0.25, 0.3) is 26.9 Å². The van der Waals surface area contributed by atoms with Gasteiger partial charge in [0.25, 0.3) is 0 Å². The average molecular weight is 331 g/mol. The molecule has 0 bridgehead atoms. The third-order valence-corrected chi connectivity index (χ3v) is 5.51. The number of rotatable bonds is 2. The number of nitrogens with zero attached hydrogens (tertiary/aromatic N) is 3. The van der Waals surface area contributed by atoms with Gasteiger partial charge in [-0.25, -0.2) is 4.85 Å². The SMILES string of the molecule is [C-]#[N+]c1cc2c(-c3cncc(C)c3C)cn(C3CC(O)C3)c2cc1C. The molecule has 0 radical (unpaired) electrons. The molecular formula is C21H21N3O. The second-order valence-corrected chi connectivity index (χ2v) is 7.13. The van der Waals surface area contributed by atoms with Crippen LogP contribution >= 0.6 is 0 Å². The van der Waals surface area contributed by atoms with Crippen molar-refractivity contribution in [1.82, 2.24) is 9.55 Å². The van der Waals surface area contributed by atoms with Crippen molar-refractivity contribution in [2.75, 3.05) is 0 Å². The second-order valence-electron chi connectivity index (χ2n) is 7.13. The van der Waals surface area contributed by atoms with Crippen LogP contribution in [-0.4, -0.2) is 20.8 Å². The molecule has 3 aromatic rings. The Bertz CT molecular complexity index is 1020. The highest BCUT2D eigenvalue weighted by molar-refractivity contribution is 5.99. The number of aromatic nitrogens is 2. The van der Waals surface area contributed by atoms with Gasteiger partial charge in [0.05, 0.1) is 12.7 Å². The molecule has 2 aromatic heterocycles. The zero-order chi connectivity index (χ0) is 17.7. The van der Waals surface area contributed by atoms with Crippen LogP contribution in [0, 0.1) is 27.3 Å². The fourth-order valence-corrected chi connectivity index (χ4v) is 3.71. The summed E-state index contributed by atoms with van der Waals surface area (Å²) in [6.45, 7) is 13.6. The first-order chi connectivity index (χ1) is 12.0. The van der Waals surface area contributed by atoms with Crippen LogP contribution in [-0.2, 0) is 0 Å². The Hall–Kier alpha value is -2.64. The summed E-state index contributed by atoms with van der Waals surface area (Å²) < 4.78 is 2.28. The number of pyridine rings is 1. The van der Waals surface area contributed by atoms with E-state index in [4.69, 9.17) is 6.57 Å². The Kier molecular flexibility index (Phi) is 3.63. The van der Waals surface area contributed by atoms with Crippen LogP contribution < -0.4 is 0 Å². The van der Waals surface area contributed by atoms with Gasteiger partial charge in [-0.2, -0.15) is 0 Å². The molecule has 0 atom stereocenters. The van der Waals surface area contributed by atoms with E-state index < -0.39 is 0 Å². The first kappa shape index (κ1) is 15.9. The molecule has 0 saturated heterocycles. The zero-order valence-electron chi connectivity index (χ0n) is 14.7. The normalized spacial score (nSPS) is 19.6. The van der Waals surface area contributed by atoms with Crippen molar-refractivity contribution in [3.8, 4) is 11.1 Å². The van der Waals surface area contributed by atoms with E-state index in [-0.39, 0.29) is 6.10 Å². The van der Waals surface area contributed by atoms with Gasteiger partial charge in [-0.3, -0.25) is 4.98 Å². The summed E-state index contributed by atoms with van der Waals surface area (Å²) in [5.74, 6) is 0. The molecule has 0 amide bonds. The lowest BCUT2D eigenvalue weighted by molar-refractivity contribution is 0.0504. The summed E-state index contributed by atoms with van der Waals surface area (Å²) in [4.78, 5) is 8.06. The molecule has 1 aromatic carbocycles. The highest BCUT2D eigenvalue weighted by atomic mass is 16.3. The standard InChI is InChI=1S/C21H21N3O/c1-12-5-21-17(8-20(12)22-4)19(11-24(21)15-6-16(25)7-15)18-10-23-9-13(2)14(18)3/h5,8-11,15-16,25H,6-7H2,1-3H3. The van der Waals surface area contributed by atoms with Crippen LogP contribution in [0.15, 0.2) is 30.7 Å². The van der Waals surface area contributed by atoms with E-state index in [9.17, 15) is 5.11 Å². The molecule has 4 heteroatoms. The summed E-state index contributed by atoms with van der Waals surface area (Å²) >= 11 is 0. The van der Waals surface area contributed by atoms with E-state index in [0.29, 0.717) is 11.7 Å². The van der Waals surface area contributed by atoms with Crippen molar-refractivity contribution in [2.24, 2.45) is 0 Å². The lowest BCUT2D eigenvalue weighted by Crippen LogP contribution is -2.30. The Morgan fingerprint density at radius 2 is 1.88 bits per heavy atom. The number of hydrogen-bond acceptors (Lipinski definition) is 2.